The molecule has 1 N–H and O–H groups in total. The van der Waals surface area contributed by atoms with Crippen molar-refractivity contribution >= 4 is 5.97 Å². The fourth-order valence-electron chi connectivity index (χ4n) is 2.19. The van der Waals surface area contributed by atoms with E-state index < -0.39 is 5.97 Å². The van der Waals surface area contributed by atoms with E-state index in [1.165, 1.54) is 5.56 Å². The largest absolute Gasteiger partial charge is 0.497 e. The van der Waals surface area contributed by atoms with Crippen molar-refractivity contribution in [1.29, 1.82) is 0 Å². The summed E-state index contributed by atoms with van der Waals surface area (Å²) in [5.74, 6) is 0.0645. The second-order valence-electron chi connectivity index (χ2n) is 4.89. The SMILES string of the molecule is CCC(CCCCCc1ccc(OC)cc1)C(=O)O. The van der Waals surface area contributed by atoms with E-state index in [2.05, 4.69) is 12.1 Å². The van der Waals surface area contributed by atoms with Gasteiger partial charge in [-0.1, -0.05) is 31.9 Å². The predicted molar refractivity (Wildman–Crippen MR) is 76.6 cm³/mol. The number of hydrogen-bond acceptors (Lipinski definition) is 2. The van der Waals surface area contributed by atoms with Gasteiger partial charge >= 0.3 is 5.97 Å². The van der Waals surface area contributed by atoms with Gasteiger partial charge in [0.1, 0.15) is 5.75 Å². The van der Waals surface area contributed by atoms with Crippen molar-refractivity contribution in [2.75, 3.05) is 7.11 Å². The molecule has 0 aliphatic heterocycles. The Morgan fingerprint density at radius 1 is 1.21 bits per heavy atom. The zero-order valence-corrected chi connectivity index (χ0v) is 11.9. The van der Waals surface area contributed by atoms with Crippen molar-refractivity contribution in [3.8, 4) is 5.75 Å². The van der Waals surface area contributed by atoms with Crippen LogP contribution in [0.25, 0.3) is 0 Å². The highest BCUT2D eigenvalue weighted by molar-refractivity contribution is 5.69. The Kier molecular flexibility index (Phi) is 7.01. The lowest BCUT2D eigenvalue weighted by Crippen LogP contribution is -2.12. The van der Waals surface area contributed by atoms with Crippen molar-refractivity contribution in [2.45, 2.75) is 45.4 Å². The summed E-state index contributed by atoms with van der Waals surface area (Å²) < 4.78 is 5.12. The standard InChI is InChI=1S/C16H24O3/c1-3-14(16(17)18)8-6-4-5-7-13-9-11-15(19-2)12-10-13/h9-12,14H,3-8H2,1-2H3,(H,17,18). The van der Waals surface area contributed by atoms with E-state index in [9.17, 15) is 4.79 Å². The van der Waals surface area contributed by atoms with Crippen LogP contribution in [0, 0.1) is 5.92 Å². The second kappa shape index (κ2) is 8.57. The molecule has 0 heterocycles. The molecule has 1 aromatic rings. The molecule has 0 saturated heterocycles. The molecule has 0 radical (unpaired) electrons. The molecule has 19 heavy (non-hydrogen) atoms. The third kappa shape index (κ3) is 5.77. The van der Waals surface area contributed by atoms with Gasteiger partial charge in [-0.05, 0) is 43.4 Å². The molecule has 106 valence electrons. The van der Waals surface area contributed by atoms with Crippen LogP contribution in [0.2, 0.25) is 0 Å². The minimum atomic E-state index is -0.655. The van der Waals surface area contributed by atoms with Crippen LogP contribution in [0.5, 0.6) is 5.75 Å². The number of carbonyl (C=O) groups is 1. The van der Waals surface area contributed by atoms with Gasteiger partial charge in [-0.15, -0.1) is 0 Å². The molecule has 1 unspecified atom stereocenters. The van der Waals surface area contributed by atoms with E-state index in [1.54, 1.807) is 7.11 Å². The molecule has 3 nitrogen and oxygen atoms in total. The van der Waals surface area contributed by atoms with Crippen molar-refractivity contribution in [3.63, 3.8) is 0 Å². The summed E-state index contributed by atoms with van der Waals surface area (Å²) in [5.41, 5.74) is 1.31. The Bertz CT molecular complexity index is 370. The average molecular weight is 264 g/mol. The molecule has 3 heteroatoms. The van der Waals surface area contributed by atoms with Gasteiger partial charge in [0, 0.05) is 0 Å². The van der Waals surface area contributed by atoms with Gasteiger partial charge in [-0.25, -0.2) is 0 Å². The van der Waals surface area contributed by atoms with Crippen molar-refractivity contribution in [3.05, 3.63) is 29.8 Å². The number of aryl methyl sites for hydroxylation is 1. The second-order valence-corrected chi connectivity index (χ2v) is 4.89. The van der Waals surface area contributed by atoms with Crippen LogP contribution in [0.4, 0.5) is 0 Å². The Balaban J connectivity index is 2.18. The van der Waals surface area contributed by atoms with Crippen molar-refractivity contribution < 1.29 is 14.6 Å². The van der Waals surface area contributed by atoms with E-state index >= 15 is 0 Å². The number of carboxylic acids is 1. The molecule has 0 saturated carbocycles. The minimum absolute atomic E-state index is 0.166. The van der Waals surface area contributed by atoms with Crippen LogP contribution in [-0.2, 0) is 11.2 Å². The Labute approximate surface area is 115 Å². The zero-order chi connectivity index (χ0) is 14.1. The molecule has 0 fully saturated rings. The molecule has 1 rings (SSSR count). The normalized spacial score (nSPS) is 12.1. The first-order valence-electron chi connectivity index (χ1n) is 7.03. The Morgan fingerprint density at radius 2 is 1.89 bits per heavy atom. The average Bonchev–Trinajstić information content (AvgIpc) is 2.43. The van der Waals surface area contributed by atoms with E-state index in [0.29, 0.717) is 0 Å². The van der Waals surface area contributed by atoms with Gasteiger partial charge in [0.15, 0.2) is 0 Å². The van der Waals surface area contributed by atoms with E-state index in [1.807, 2.05) is 19.1 Å². The van der Waals surface area contributed by atoms with E-state index in [4.69, 9.17) is 9.84 Å². The Morgan fingerprint density at radius 3 is 2.42 bits per heavy atom. The number of hydrogen-bond donors (Lipinski definition) is 1. The first-order valence-corrected chi connectivity index (χ1v) is 7.03. The summed E-state index contributed by atoms with van der Waals surface area (Å²) in [6.07, 6.45) is 5.79. The maximum Gasteiger partial charge on any atom is 0.306 e. The monoisotopic (exact) mass is 264 g/mol. The summed E-state index contributed by atoms with van der Waals surface area (Å²) in [6, 6.07) is 8.13. The molecule has 0 aliphatic carbocycles. The quantitative estimate of drug-likeness (QED) is 0.688. The van der Waals surface area contributed by atoms with Crippen LogP contribution in [0.3, 0.4) is 0 Å². The van der Waals surface area contributed by atoms with Gasteiger partial charge in [0.2, 0.25) is 0 Å². The number of unbranched alkanes of at least 4 members (excludes halogenated alkanes) is 2. The number of ether oxygens (including phenoxy) is 1. The van der Waals surface area contributed by atoms with Gasteiger partial charge in [0.25, 0.3) is 0 Å². The third-order valence-corrected chi connectivity index (χ3v) is 3.52. The Hall–Kier alpha value is -1.51. The number of carboxylic acid groups (broad SMARTS) is 1. The highest BCUT2D eigenvalue weighted by Gasteiger charge is 2.13. The minimum Gasteiger partial charge on any atom is -0.497 e. The number of benzene rings is 1. The van der Waals surface area contributed by atoms with Gasteiger partial charge in [-0.2, -0.15) is 0 Å². The van der Waals surface area contributed by atoms with Crippen LogP contribution < -0.4 is 4.74 Å². The van der Waals surface area contributed by atoms with Crippen LogP contribution >= 0.6 is 0 Å². The maximum atomic E-state index is 10.9. The van der Waals surface area contributed by atoms with E-state index in [0.717, 1.165) is 44.3 Å². The number of methoxy groups -OCH3 is 1. The molecule has 0 aliphatic rings. The van der Waals surface area contributed by atoms with Crippen LogP contribution in [-0.4, -0.2) is 18.2 Å². The lowest BCUT2D eigenvalue weighted by molar-refractivity contribution is -0.142. The molecular formula is C16H24O3. The van der Waals surface area contributed by atoms with Gasteiger partial charge in [-0.3, -0.25) is 4.79 Å². The number of rotatable bonds is 9. The van der Waals surface area contributed by atoms with Crippen molar-refractivity contribution in [1.82, 2.24) is 0 Å². The van der Waals surface area contributed by atoms with Crippen molar-refractivity contribution in [2.24, 2.45) is 5.92 Å². The van der Waals surface area contributed by atoms with Crippen LogP contribution in [0.15, 0.2) is 24.3 Å². The zero-order valence-electron chi connectivity index (χ0n) is 11.9. The summed E-state index contributed by atoms with van der Waals surface area (Å²) in [4.78, 5) is 10.9. The van der Waals surface area contributed by atoms with E-state index in [-0.39, 0.29) is 5.92 Å². The highest BCUT2D eigenvalue weighted by Crippen LogP contribution is 2.16. The molecule has 0 bridgehead atoms. The number of aliphatic carboxylic acids is 1. The molecule has 1 atom stereocenters. The fourth-order valence-corrected chi connectivity index (χ4v) is 2.19. The molecule has 0 aromatic heterocycles. The smallest absolute Gasteiger partial charge is 0.306 e. The van der Waals surface area contributed by atoms with Gasteiger partial charge in [0.05, 0.1) is 13.0 Å². The molecule has 0 amide bonds. The maximum absolute atomic E-state index is 10.9. The summed E-state index contributed by atoms with van der Waals surface area (Å²) in [5, 5.41) is 8.95. The molecule has 1 aromatic carbocycles. The summed E-state index contributed by atoms with van der Waals surface area (Å²) in [7, 11) is 1.67. The summed E-state index contributed by atoms with van der Waals surface area (Å²) >= 11 is 0. The lowest BCUT2D eigenvalue weighted by Gasteiger charge is -2.09. The van der Waals surface area contributed by atoms with Crippen LogP contribution in [0.1, 0.15) is 44.6 Å². The van der Waals surface area contributed by atoms with Gasteiger partial charge < -0.3 is 9.84 Å². The highest BCUT2D eigenvalue weighted by atomic mass is 16.5. The third-order valence-electron chi connectivity index (χ3n) is 3.52. The predicted octanol–water partition coefficient (Wildman–Crippen LogP) is 3.91. The fraction of sp³-hybridized carbons (Fsp3) is 0.562. The first-order chi connectivity index (χ1) is 9.17. The molecular weight excluding hydrogens is 240 g/mol. The lowest BCUT2D eigenvalue weighted by atomic mass is 9.98. The molecule has 0 spiro atoms. The first kappa shape index (κ1) is 15.5. The summed E-state index contributed by atoms with van der Waals surface area (Å²) in [6.45, 7) is 1.94. The topological polar surface area (TPSA) is 46.5 Å².